The van der Waals surface area contributed by atoms with Gasteiger partial charge in [0.2, 0.25) is 17.4 Å². The smallest absolute Gasteiger partial charge is 0.291 e. The lowest BCUT2D eigenvalue weighted by atomic mass is 9.75. The number of fused-ring (bicyclic) bond motifs is 7. The predicted octanol–water partition coefficient (Wildman–Crippen LogP) is 0.948. The Hall–Kier alpha value is -1.92. The van der Waals surface area contributed by atoms with Crippen LogP contribution in [0.25, 0.3) is 0 Å². The summed E-state index contributed by atoms with van der Waals surface area (Å²) in [5.74, 6) is -1.53. The number of anilines is 1. The molecule has 4 aliphatic heterocycles. The Labute approximate surface area is 162 Å². The molecule has 6 atom stereocenters. The van der Waals surface area contributed by atoms with E-state index >= 15 is 0 Å². The molecular weight excluding hydrogens is 366 g/mol. The van der Waals surface area contributed by atoms with Gasteiger partial charge in [-0.3, -0.25) is 19.3 Å². The van der Waals surface area contributed by atoms with Crippen LogP contribution < -0.4 is 10.2 Å². The van der Waals surface area contributed by atoms with Gasteiger partial charge in [0.1, 0.15) is 17.9 Å². The summed E-state index contributed by atoms with van der Waals surface area (Å²) >= 11 is 6.36. The van der Waals surface area contributed by atoms with Gasteiger partial charge in [-0.1, -0.05) is 24.6 Å². The number of halogens is 1. The number of carbonyl (C=O) groups excluding carboxylic acids is 3. The van der Waals surface area contributed by atoms with Gasteiger partial charge in [-0.25, -0.2) is 0 Å². The Morgan fingerprint density at radius 3 is 2.85 bits per heavy atom. The van der Waals surface area contributed by atoms with Crippen LogP contribution in [-0.4, -0.2) is 41.2 Å². The fourth-order valence-electron chi connectivity index (χ4n) is 6.09. The summed E-state index contributed by atoms with van der Waals surface area (Å²) in [4.78, 5) is 42.7. The number of hydrogen-bond acceptors (Lipinski definition) is 3. The van der Waals surface area contributed by atoms with Crippen LogP contribution in [0.3, 0.4) is 0 Å². The standard InChI is InChI=1S/C20H22ClN3O3/c1-3-10(2)24-17(25)14-13-8-5-9-23(13)20(15(14)18(24)26)11-6-4-7-12(21)16(11)22-19(20)27/h4,6-7,10,13-15H,3,5,8-9H2,1-2H3,(H,22,27)/p+1/t10-,13-,14-,15+,20-/m1/s1. The van der Waals surface area contributed by atoms with E-state index < -0.39 is 17.4 Å². The van der Waals surface area contributed by atoms with Gasteiger partial charge < -0.3 is 10.2 Å². The highest BCUT2D eigenvalue weighted by Crippen LogP contribution is 2.53. The van der Waals surface area contributed by atoms with Gasteiger partial charge in [-0.15, -0.1) is 0 Å². The monoisotopic (exact) mass is 388 g/mol. The van der Waals surface area contributed by atoms with Crippen molar-refractivity contribution in [2.45, 2.75) is 50.7 Å². The van der Waals surface area contributed by atoms with E-state index in [-0.39, 0.29) is 29.8 Å². The molecule has 0 radical (unpaired) electrons. The molecule has 4 aliphatic rings. The molecule has 3 amide bonds. The van der Waals surface area contributed by atoms with Crippen LogP contribution in [-0.2, 0) is 19.9 Å². The fourth-order valence-corrected chi connectivity index (χ4v) is 6.31. The highest BCUT2D eigenvalue weighted by Gasteiger charge is 2.78. The normalized spacial score (nSPS) is 37.6. The second kappa shape index (κ2) is 5.55. The number of rotatable bonds is 2. The number of quaternary nitrogens is 1. The molecule has 2 N–H and O–H groups in total. The fraction of sp³-hybridized carbons (Fsp3) is 0.550. The third-order valence-electron chi connectivity index (χ3n) is 7.27. The highest BCUT2D eigenvalue weighted by atomic mass is 35.5. The molecule has 0 aromatic heterocycles. The maximum absolute atomic E-state index is 13.5. The molecule has 3 saturated heterocycles. The second-order valence-corrected chi connectivity index (χ2v) is 8.66. The SMILES string of the molecule is CC[C@@H](C)N1C(=O)[C@@H]2[C@H]3CCC[NH+]3[C@@]3(C(=O)Nc4c(Cl)cccc43)[C@@H]2C1=O. The summed E-state index contributed by atoms with van der Waals surface area (Å²) in [7, 11) is 0. The van der Waals surface area contributed by atoms with Crippen molar-refractivity contribution in [1.82, 2.24) is 4.90 Å². The van der Waals surface area contributed by atoms with E-state index in [1.807, 2.05) is 26.0 Å². The number of nitrogens with zero attached hydrogens (tertiary/aromatic N) is 1. The Morgan fingerprint density at radius 1 is 1.33 bits per heavy atom. The van der Waals surface area contributed by atoms with Gasteiger partial charge in [0.15, 0.2) is 0 Å². The largest absolute Gasteiger partial charge is 0.318 e. The second-order valence-electron chi connectivity index (χ2n) is 8.26. The van der Waals surface area contributed by atoms with Crippen molar-refractivity contribution in [1.29, 1.82) is 0 Å². The van der Waals surface area contributed by atoms with Crippen molar-refractivity contribution in [3.05, 3.63) is 28.8 Å². The van der Waals surface area contributed by atoms with Crippen LogP contribution in [0.15, 0.2) is 18.2 Å². The average molecular weight is 389 g/mol. The third-order valence-corrected chi connectivity index (χ3v) is 7.58. The van der Waals surface area contributed by atoms with Gasteiger partial charge >= 0.3 is 0 Å². The molecule has 1 unspecified atom stereocenters. The number of nitrogens with one attached hydrogen (secondary N) is 2. The summed E-state index contributed by atoms with van der Waals surface area (Å²) in [6.45, 7) is 4.67. The minimum Gasteiger partial charge on any atom is -0.318 e. The van der Waals surface area contributed by atoms with Gasteiger partial charge in [0.05, 0.1) is 17.3 Å². The van der Waals surface area contributed by atoms with Crippen molar-refractivity contribution < 1.29 is 19.3 Å². The summed E-state index contributed by atoms with van der Waals surface area (Å²) in [5, 5.41) is 3.42. The van der Waals surface area contributed by atoms with E-state index in [9.17, 15) is 14.4 Å². The molecule has 1 spiro atoms. The number of para-hydroxylation sites is 1. The molecule has 4 heterocycles. The molecule has 0 bridgehead atoms. The quantitative estimate of drug-likeness (QED) is 0.741. The van der Waals surface area contributed by atoms with Crippen LogP contribution >= 0.6 is 11.6 Å². The van der Waals surface area contributed by atoms with Crippen molar-refractivity contribution in [3.8, 4) is 0 Å². The first-order valence-corrected chi connectivity index (χ1v) is 10.2. The van der Waals surface area contributed by atoms with Crippen LogP contribution in [0.5, 0.6) is 0 Å². The summed E-state index contributed by atoms with van der Waals surface area (Å²) in [5.41, 5.74) is 0.341. The van der Waals surface area contributed by atoms with E-state index in [2.05, 4.69) is 5.32 Å². The zero-order valence-electron chi connectivity index (χ0n) is 15.4. The average Bonchev–Trinajstić information content (AvgIpc) is 3.34. The lowest BCUT2D eigenvalue weighted by Gasteiger charge is -2.34. The molecule has 1 aromatic rings. The molecule has 5 rings (SSSR count). The third kappa shape index (κ3) is 1.83. The topological polar surface area (TPSA) is 70.9 Å². The molecule has 3 fully saturated rings. The van der Waals surface area contributed by atoms with Gasteiger partial charge in [-0.2, -0.15) is 0 Å². The van der Waals surface area contributed by atoms with Crippen LogP contribution in [0, 0.1) is 11.8 Å². The van der Waals surface area contributed by atoms with Gasteiger partial charge in [-0.05, 0) is 25.5 Å². The van der Waals surface area contributed by atoms with E-state index in [4.69, 9.17) is 11.6 Å². The minimum atomic E-state index is -1.04. The maximum Gasteiger partial charge on any atom is 0.291 e. The minimum absolute atomic E-state index is 0.0104. The Kier molecular flexibility index (Phi) is 3.53. The number of carbonyl (C=O) groups is 3. The van der Waals surface area contributed by atoms with Crippen molar-refractivity contribution in [3.63, 3.8) is 0 Å². The molecular formula is C20H23ClN3O3+. The van der Waals surface area contributed by atoms with E-state index in [0.29, 0.717) is 17.1 Å². The van der Waals surface area contributed by atoms with Crippen molar-refractivity contribution in [2.75, 3.05) is 11.9 Å². The molecule has 7 heteroatoms. The molecule has 27 heavy (non-hydrogen) atoms. The molecule has 1 aromatic carbocycles. The molecule has 0 aliphatic carbocycles. The summed E-state index contributed by atoms with van der Waals surface area (Å²) in [6.07, 6.45) is 2.54. The first-order chi connectivity index (χ1) is 12.9. The number of benzene rings is 1. The van der Waals surface area contributed by atoms with E-state index in [1.165, 1.54) is 4.90 Å². The lowest BCUT2D eigenvalue weighted by Crippen LogP contribution is -3.19. The summed E-state index contributed by atoms with van der Waals surface area (Å²) in [6, 6.07) is 5.33. The zero-order chi connectivity index (χ0) is 19.1. The summed E-state index contributed by atoms with van der Waals surface area (Å²) < 4.78 is 0. The Morgan fingerprint density at radius 2 is 2.11 bits per heavy atom. The molecule has 0 saturated carbocycles. The van der Waals surface area contributed by atoms with Crippen molar-refractivity contribution >= 4 is 35.0 Å². The number of hydrogen-bond donors (Lipinski definition) is 2. The maximum atomic E-state index is 13.5. The van der Waals surface area contributed by atoms with Gasteiger partial charge in [0, 0.05) is 24.4 Å². The Balaban J connectivity index is 1.74. The van der Waals surface area contributed by atoms with E-state index in [0.717, 1.165) is 29.8 Å². The first-order valence-electron chi connectivity index (χ1n) is 9.78. The Bertz CT molecular complexity index is 887. The van der Waals surface area contributed by atoms with E-state index in [1.54, 1.807) is 6.07 Å². The number of likely N-dealkylation sites (tertiary alicyclic amines) is 1. The number of amides is 3. The number of imide groups is 1. The van der Waals surface area contributed by atoms with Gasteiger partial charge in [0.25, 0.3) is 5.91 Å². The zero-order valence-corrected chi connectivity index (χ0v) is 16.2. The van der Waals surface area contributed by atoms with Crippen LogP contribution in [0.4, 0.5) is 5.69 Å². The molecule has 142 valence electrons. The van der Waals surface area contributed by atoms with Crippen LogP contribution in [0.2, 0.25) is 5.02 Å². The predicted molar refractivity (Wildman–Crippen MR) is 99.2 cm³/mol. The first kappa shape index (κ1) is 17.2. The van der Waals surface area contributed by atoms with Crippen LogP contribution in [0.1, 0.15) is 38.7 Å². The van der Waals surface area contributed by atoms with Crippen molar-refractivity contribution in [2.24, 2.45) is 11.8 Å². The lowest BCUT2D eigenvalue weighted by molar-refractivity contribution is -0.948. The highest BCUT2D eigenvalue weighted by molar-refractivity contribution is 6.35. The molecule has 6 nitrogen and oxygen atoms in total.